The average molecular weight is 437 g/mol. The number of hydrogen-bond acceptors (Lipinski definition) is 6. The molecule has 0 bridgehead atoms. The molecule has 0 rings (SSSR count). The maximum absolute atomic E-state index is 10.7. The van der Waals surface area contributed by atoms with Gasteiger partial charge in [0.15, 0.2) is 0 Å². The fourth-order valence-electron chi connectivity index (χ4n) is 0.816. The van der Waals surface area contributed by atoms with Gasteiger partial charge >= 0.3 is 11.9 Å². The van der Waals surface area contributed by atoms with Crippen molar-refractivity contribution in [3.8, 4) is 0 Å². The van der Waals surface area contributed by atoms with Crippen molar-refractivity contribution in [2.75, 3.05) is 33.0 Å². The van der Waals surface area contributed by atoms with E-state index < -0.39 is 11.9 Å². The molecule has 0 radical (unpaired) electrons. The van der Waals surface area contributed by atoms with Gasteiger partial charge in [-0.05, 0) is 41.0 Å². The summed E-state index contributed by atoms with van der Waals surface area (Å²) in [5.41, 5.74) is 0. The highest BCUT2D eigenvalue weighted by atomic mass is 16.5. The van der Waals surface area contributed by atoms with E-state index in [0.29, 0.717) is 6.61 Å². The molecule has 0 aliphatic carbocycles. The molecular weight excluding hydrogens is 388 g/mol. The molecule has 0 saturated carbocycles. The van der Waals surface area contributed by atoms with Gasteiger partial charge < -0.3 is 24.8 Å². The highest BCUT2D eigenvalue weighted by Gasteiger charge is 2.05. The van der Waals surface area contributed by atoms with Crippen LogP contribution < -0.4 is 0 Å². The minimum atomic E-state index is -0.970. The zero-order chi connectivity index (χ0) is 25.1. The predicted molar refractivity (Wildman–Crippen MR) is 127 cm³/mol. The van der Waals surface area contributed by atoms with E-state index in [1.807, 2.05) is 41.5 Å². The van der Waals surface area contributed by atoms with E-state index in [1.165, 1.54) is 0 Å². The van der Waals surface area contributed by atoms with E-state index >= 15 is 0 Å². The highest BCUT2D eigenvalue weighted by Crippen LogP contribution is 1.95. The van der Waals surface area contributed by atoms with Gasteiger partial charge in [0.05, 0.1) is 32.7 Å². The fourth-order valence-corrected chi connectivity index (χ4v) is 0.816. The van der Waals surface area contributed by atoms with Crippen LogP contribution in [-0.4, -0.2) is 60.3 Å². The summed E-state index contributed by atoms with van der Waals surface area (Å²) in [6.07, 6.45) is 6.87. The van der Waals surface area contributed by atoms with Crippen molar-refractivity contribution in [3.63, 3.8) is 0 Å². The molecule has 0 spiro atoms. The van der Waals surface area contributed by atoms with E-state index in [0.717, 1.165) is 26.1 Å². The molecule has 7 heteroatoms. The number of esters is 1. The summed E-state index contributed by atoms with van der Waals surface area (Å²) < 4.78 is 9.56. The third-order valence-corrected chi connectivity index (χ3v) is 1.81. The smallest absolute Gasteiger partial charge is 0.306 e. The molecule has 0 heterocycles. The lowest BCUT2D eigenvalue weighted by molar-refractivity contribution is -0.147. The van der Waals surface area contributed by atoms with E-state index in [-0.39, 0.29) is 26.1 Å². The number of aliphatic hydroxyl groups excluding tert-OH is 2. The van der Waals surface area contributed by atoms with Crippen LogP contribution in [0.15, 0.2) is 38.0 Å². The number of aliphatic hydroxyl groups is 2. The van der Waals surface area contributed by atoms with Crippen LogP contribution >= 0.6 is 0 Å². The summed E-state index contributed by atoms with van der Waals surface area (Å²) in [5, 5.41) is 23.5. The van der Waals surface area contributed by atoms with Crippen molar-refractivity contribution in [1.82, 2.24) is 0 Å². The molecule has 182 valence electrons. The predicted octanol–water partition coefficient (Wildman–Crippen LogP) is 4.79. The van der Waals surface area contributed by atoms with Crippen LogP contribution in [0.2, 0.25) is 0 Å². The quantitative estimate of drug-likeness (QED) is 0.271. The molecule has 0 aromatic rings. The van der Waals surface area contributed by atoms with Crippen molar-refractivity contribution >= 4 is 11.9 Å². The first kappa shape index (κ1) is 42.2. The minimum Gasteiger partial charge on any atom is -0.481 e. The van der Waals surface area contributed by atoms with Crippen molar-refractivity contribution in [2.45, 2.75) is 67.2 Å². The van der Waals surface area contributed by atoms with Gasteiger partial charge in [-0.3, -0.25) is 9.59 Å². The minimum absolute atomic E-state index is 0.0287. The summed E-state index contributed by atoms with van der Waals surface area (Å²) >= 11 is 0. The molecule has 0 aromatic carbocycles. The molecule has 3 N–H and O–H groups in total. The van der Waals surface area contributed by atoms with E-state index in [2.05, 4.69) is 19.7 Å². The average Bonchev–Trinajstić information content (AvgIpc) is 2.70. The first-order chi connectivity index (χ1) is 14.2. The van der Waals surface area contributed by atoms with Crippen molar-refractivity contribution in [2.24, 2.45) is 0 Å². The Morgan fingerprint density at radius 3 is 1.40 bits per heavy atom. The van der Waals surface area contributed by atoms with Gasteiger partial charge in [0.1, 0.15) is 0 Å². The molecule has 0 aliphatic rings. The maximum atomic E-state index is 10.7. The number of unbranched alkanes of at least 4 members (excludes halogenated alkanes) is 1. The van der Waals surface area contributed by atoms with Crippen LogP contribution in [-0.2, 0) is 19.1 Å². The number of carboxylic acid groups (broad SMARTS) is 1. The topological polar surface area (TPSA) is 113 Å². The number of hydrogen-bond donors (Lipinski definition) is 3. The molecule has 0 aliphatic heterocycles. The summed E-state index contributed by atoms with van der Waals surface area (Å²) in [5.74, 6) is -1.40. The van der Waals surface area contributed by atoms with Crippen LogP contribution in [0.4, 0.5) is 0 Å². The Kier molecular flexibility index (Phi) is 79.3. The molecule has 0 fully saturated rings. The lowest BCUT2D eigenvalue weighted by atomic mass is 10.3. The SMILES string of the molecule is C=CC.C=CC.C=CC.CCCCOC(=O)CCC(=O)O.CCOCC.OCCO. The zero-order valence-electron chi connectivity index (χ0n) is 20.2. The van der Waals surface area contributed by atoms with E-state index in [9.17, 15) is 9.59 Å². The maximum Gasteiger partial charge on any atom is 0.306 e. The van der Waals surface area contributed by atoms with Crippen LogP contribution in [0.1, 0.15) is 67.2 Å². The molecular formula is C23H48O7. The van der Waals surface area contributed by atoms with Gasteiger partial charge in [0, 0.05) is 13.2 Å². The van der Waals surface area contributed by atoms with Gasteiger partial charge in [-0.15, -0.1) is 19.7 Å². The van der Waals surface area contributed by atoms with Crippen LogP contribution in [0.3, 0.4) is 0 Å². The summed E-state index contributed by atoms with van der Waals surface area (Å²) in [7, 11) is 0. The molecule has 0 amide bonds. The largest absolute Gasteiger partial charge is 0.481 e. The Morgan fingerprint density at radius 1 is 0.833 bits per heavy atom. The van der Waals surface area contributed by atoms with Gasteiger partial charge in [-0.25, -0.2) is 0 Å². The number of carbonyl (C=O) groups is 2. The number of aliphatic carboxylic acids is 1. The Bertz CT molecular complexity index is 311. The van der Waals surface area contributed by atoms with Crippen molar-refractivity contribution in [1.29, 1.82) is 0 Å². The van der Waals surface area contributed by atoms with E-state index in [4.69, 9.17) is 24.8 Å². The second-order valence-corrected chi connectivity index (χ2v) is 4.92. The van der Waals surface area contributed by atoms with Crippen LogP contribution in [0.5, 0.6) is 0 Å². The molecule has 0 aromatic heterocycles. The first-order valence-corrected chi connectivity index (χ1v) is 10.1. The molecule has 0 atom stereocenters. The van der Waals surface area contributed by atoms with Gasteiger partial charge in [-0.2, -0.15) is 0 Å². The van der Waals surface area contributed by atoms with Crippen LogP contribution in [0.25, 0.3) is 0 Å². The molecule has 0 saturated heterocycles. The number of carbonyl (C=O) groups excluding carboxylic acids is 1. The molecule has 0 unspecified atom stereocenters. The molecule has 30 heavy (non-hydrogen) atoms. The second-order valence-electron chi connectivity index (χ2n) is 4.92. The van der Waals surface area contributed by atoms with Crippen molar-refractivity contribution < 1.29 is 34.4 Å². The second kappa shape index (κ2) is 56.3. The van der Waals surface area contributed by atoms with Crippen LogP contribution in [0, 0.1) is 0 Å². The summed E-state index contributed by atoms with van der Waals surface area (Å²) in [6.45, 7) is 23.6. The lowest BCUT2D eigenvalue weighted by Crippen LogP contribution is -2.08. The highest BCUT2D eigenvalue weighted by molar-refractivity contribution is 5.76. The van der Waals surface area contributed by atoms with Gasteiger partial charge in [0.2, 0.25) is 0 Å². The fraction of sp³-hybridized carbons (Fsp3) is 0.652. The third-order valence-electron chi connectivity index (χ3n) is 1.81. The van der Waals surface area contributed by atoms with Crippen molar-refractivity contribution in [3.05, 3.63) is 38.0 Å². The lowest BCUT2D eigenvalue weighted by Gasteiger charge is -2.01. The number of carboxylic acids is 1. The number of rotatable bonds is 9. The monoisotopic (exact) mass is 436 g/mol. The van der Waals surface area contributed by atoms with Gasteiger partial charge in [-0.1, -0.05) is 31.6 Å². The first-order valence-electron chi connectivity index (χ1n) is 10.1. The summed E-state index contributed by atoms with van der Waals surface area (Å²) in [4.78, 5) is 20.8. The number of ether oxygens (including phenoxy) is 2. The Labute approximate surface area is 185 Å². The number of allylic oxidation sites excluding steroid dienone is 3. The third kappa shape index (κ3) is 134. The zero-order valence-corrected chi connectivity index (χ0v) is 20.2. The Hall–Kier alpha value is -1.96. The Balaban J connectivity index is -0.0000000665. The normalized spacial score (nSPS) is 7.47. The summed E-state index contributed by atoms with van der Waals surface area (Å²) in [6, 6.07) is 0. The standard InChI is InChI=1S/C8H14O4.C4H10O.3C3H6.C2H6O2/c1-2-3-6-12-8(11)5-4-7(9)10;1-3-5-4-2;3*1-3-2;3-1-2-4/h2-6H2,1H3,(H,9,10);3-4H2,1-2H3;3*3H,1H2,2H3;3-4H,1-2H2. The Morgan fingerprint density at radius 2 is 1.20 bits per heavy atom. The van der Waals surface area contributed by atoms with E-state index in [1.54, 1.807) is 18.2 Å². The molecule has 7 nitrogen and oxygen atoms in total. The van der Waals surface area contributed by atoms with Gasteiger partial charge in [0.25, 0.3) is 0 Å².